The fourth-order valence-electron chi connectivity index (χ4n) is 0.570. The fraction of sp³-hybridized carbons (Fsp3) is 0.167. The van der Waals surface area contributed by atoms with Crippen molar-refractivity contribution in [3.63, 3.8) is 0 Å². The van der Waals surface area contributed by atoms with Crippen LogP contribution in [0.15, 0.2) is 12.3 Å². The first kappa shape index (κ1) is 8.38. The van der Waals surface area contributed by atoms with Crippen molar-refractivity contribution in [1.82, 2.24) is 10.2 Å². The average molecular weight is 264 g/mol. The van der Waals surface area contributed by atoms with Crippen molar-refractivity contribution in [3.8, 4) is 0 Å². The van der Waals surface area contributed by atoms with Crippen molar-refractivity contribution in [2.24, 2.45) is 0 Å². The predicted octanol–water partition coefficient (Wildman–Crippen LogP) is 0.868. The molecule has 0 saturated heterocycles. The third-order valence-corrected chi connectivity index (χ3v) is 1.57. The SMILES string of the molecule is COC(=O)c1cnnc(I)c1. The van der Waals surface area contributed by atoms with Crippen molar-refractivity contribution in [2.45, 2.75) is 0 Å². The van der Waals surface area contributed by atoms with Gasteiger partial charge in [0.05, 0.1) is 18.9 Å². The molecule has 11 heavy (non-hydrogen) atoms. The summed E-state index contributed by atoms with van der Waals surface area (Å²) in [7, 11) is 1.33. The first-order valence-corrected chi connectivity index (χ1v) is 3.88. The lowest BCUT2D eigenvalue weighted by Gasteiger charge is -1.96. The summed E-state index contributed by atoms with van der Waals surface area (Å²) in [6.07, 6.45) is 1.37. The van der Waals surface area contributed by atoms with Gasteiger partial charge in [-0.2, -0.15) is 5.10 Å². The summed E-state index contributed by atoms with van der Waals surface area (Å²) < 4.78 is 5.15. The van der Waals surface area contributed by atoms with Gasteiger partial charge in [0.25, 0.3) is 0 Å². The van der Waals surface area contributed by atoms with Gasteiger partial charge in [-0.1, -0.05) is 0 Å². The molecule has 0 unspecified atom stereocenters. The van der Waals surface area contributed by atoms with E-state index in [-0.39, 0.29) is 0 Å². The summed E-state index contributed by atoms with van der Waals surface area (Å²) in [4.78, 5) is 10.9. The van der Waals surface area contributed by atoms with Gasteiger partial charge in [0, 0.05) is 0 Å². The molecule has 0 bridgehead atoms. The van der Waals surface area contributed by atoms with E-state index < -0.39 is 5.97 Å². The molecule has 0 aliphatic rings. The van der Waals surface area contributed by atoms with Gasteiger partial charge in [-0.25, -0.2) is 4.79 Å². The molecular formula is C6H5IN2O2. The number of nitrogens with zero attached hydrogens (tertiary/aromatic N) is 2. The molecule has 5 heteroatoms. The molecule has 0 saturated carbocycles. The van der Waals surface area contributed by atoms with Crippen LogP contribution < -0.4 is 0 Å². The average Bonchev–Trinajstić information content (AvgIpc) is 2.03. The Morgan fingerprint density at radius 2 is 2.45 bits per heavy atom. The predicted molar refractivity (Wildman–Crippen MR) is 46.1 cm³/mol. The van der Waals surface area contributed by atoms with Gasteiger partial charge in [-0.05, 0) is 28.7 Å². The fourth-order valence-corrected chi connectivity index (χ4v) is 1.03. The summed E-state index contributed by atoms with van der Waals surface area (Å²) in [5, 5.41) is 7.28. The Kier molecular flexibility index (Phi) is 2.75. The second-order valence-electron chi connectivity index (χ2n) is 1.76. The molecule has 0 aromatic carbocycles. The molecule has 0 amide bonds. The summed E-state index contributed by atoms with van der Waals surface area (Å²) in [6.45, 7) is 0. The number of ether oxygens (including phenoxy) is 1. The Morgan fingerprint density at radius 3 is 3.00 bits per heavy atom. The Hall–Kier alpha value is -0.720. The van der Waals surface area contributed by atoms with Crippen LogP contribution in [0.3, 0.4) is 0 Å². The van der Waals surface area contributed by atoms with E-state index in [9.17, 15) is 4.79 Å². The minimum absolute atomic E-state index is 0.391. The standard InChI is InChI=1S/C6H5IN2O2/c1-11-6(10)4-2-5(7)9-8-3-4/h2-3H,1H3. The number of carbonyl (C=O) groups excluding carboxylic acids is 1. The molecule has 1 rings (SSSR count). The van der Waals surface area contributed by atoms with E-state index in [1.807, 2.05) is 22.6 Å². The number of hydrogen-bond acceptors (Lipinski definition) is 4. The lowest BCUT2D eigenvalue weighted by Crippen LogP contribution is -2.02. The Balaban J connectivity index is 2.96. The molecule has 4 nitrogen and oxygen atoms in total. The van der Waals surface area contributed by atoms with Crippen LogP contribution in [0.1, 0.15) is 10.4 Å². The minimum Gasteiger partial charge on any atom is -0.465 e. The van der Waals surface area contributed by atoms with Gasteiger partial charge in [0.15, 0.2) is 0 Å². The van der Waals surface area contributed by atoms with Gasteiger partial charge >= 0.3 is 5.97 Å². The van der Waals surface area contributed by atoms with E-state index in [1.165, 1.54) is 13.3 Å². The topological polar surface area (TPSA) is 52.1 Å². The second kappa shape index (κ2) is 3.61. The van der Waals surface area contributed by atoms with E-state index in [1.54, 1.807) is 6.07 Å². The molecule has 0 aliphatic carbocycles. The van der Waals surface area contributed by atoms with E-state index in [2.05, 4.69) is 14.9 Å². The maximum absolute atomic E-state index is 10.9. The smallest absolute Gasteiger partial charge is 0.339 e. The number of esters is 1. The van der Waals surface area contributed by atoms with Gasteiger partial charge in [0.2, 0.25) is 0 Å². The quantitative estimate of drug-likeness (QED) is 0.557. The van der Waals surface area contributed by atoms with Gasteiger partial charge in [0.1, 0.15) is 3.70 Å². The zero-order chi connectivity index (χ0) is 8.27. The second-order valence-corrected chi connectivity index (χ2v) is 2.86. The summed E-state index contributed by atoms with van der Waals surface area (Å²) in [6, 6.07) is 1.61. The van der Waals surface area contributed by atoms with Crippen molar-refractivity contribution >= 4 is 28.6 Å². The normalized spacial score (nSPS) is 9.27. The van der Waals surface area contributed by atoms with Crippen LogP contribution in [0.5, 0.6) is 0 Å². The molecule has 0 spiro atoms. The van der Waals surface area contributed by atoms with Crippen LogP contribution in [0.4, 0.5) is 0 Å². The number of aromatic nitrogens is 2. The summed E-state index contributed by atoms with van der Waals surface area (Å²) in [5.74, 6) is -0.391. The zero-order valence-electron chi connectivity index (χ0n) is 5.74. The van der Waals surface area contributed by atoms with Gasteiger partial charge in [-0.3, -0.25) is 0 Å². The van der Waals surface area contributed by atoms with Gasteiger partial charge < -0.3 is 4.74 Å². The van der Waals surface area contributed by atoms with Crippen molar-refractivity contribution in [2.75, 3.05) is 7.11 Å². The van der Waals surface area contributed by atoms with Crippen LogP contribution in [0, 0.1) is 3.70 Å². The molecule has 1 heterocycles. The molecule has 0 radical (unpaired) electrons. The number of rotatable bonds is 1. The molecular weight excluding hydrogens is 259 g/mol. The van der Waals surface area contributed by atoms with Crippen LogP contribution in [-0.2, 0) is 4.74 Å². The van der Waals surface area contributed by atoms with Gasteiger partial charge in [-0.15, -0.1) is 5.10 Å². The maximum atomic E-state index is 10.9. The lowest BCUT2D eigenvalue weighted by atomic mass is 10.3. The third kappa shape index (κ3) is 2.11. The molecule has 58 valence electrons. The monoisotopic (exact) mass is 264 g/mol. The minimum atomic E-state index is -0.391. The highest BCUT2D eigenvalue weighted by Gasteiger charge is 2.05. The number of carbonyl (C=O) groups is 1. The zero-order valence-corrected chi connectivity index (χ0v) is 7.90. The largest absolute Gasteiger partial charge is 0.465 e. The third-order valence-electron chi connectivity index (χ3n) is 1.05. The van der Waals surface area contributed by atoms with Crippen LogP contribution in [0.25, 0.3) is 0 Å². The highest BCUT2D eigenvalue weighted by atomic mass is 127. The molecule has 0 aliphatic heterocycles. The Morgan fingerprint density at radius 1 is 1.73 bits per heavy atom. The first-order chi connectivity index (χ1) is 5.24. The number of hydrogen-bond donors (Lipinski definition) is 0. The van der Waals surface area contributed by atoms with Crippen molar-refractivity contribution < 1.29 is 9.53 Å². The maximum Gasteiger partial charge on any atom is 0.339 e. The van der Waals surface area contributed by atoms with Crippen LogP contribution in [0.2, 0.25) is 0 Å². The number of halogens is 1. The highest BCUT2D eigenvalue weighted by molar-refractivity contribution is 14.1. The molecule has 1 aromatic heterocycles. The van der Waals surface area contributed by atoms with Crippen molar-refractivity contribution in [1.29, 1.82) is 0 Å². The van der Waals surface area contributed by atoms with Crippen LogP contribution >= 0.6 is 22.6 Å². The highest BCUT2D eigenvalue weighted by Crippen LogP contribution is 2.03. The molecule has 0 N–H and O–H groups in total. The van der Waals surface area contributed by atoms with Crippen LogP contribution in [-0.4, -0.2) is 23.3 Å². The summed E-state index contributed by atoms with van der Waals surface area (Å²) in [5.41, 5.74) is 0.423. The Bertz CT molecular complexity index is 277. The summed E-state index contributed by atoms with van der Waals surface area (Å²) >= 11 is 1.97. The number of methoxy groups -OCH3 is 1. The van der Waals surface area contributed by atoms with E-state index in [0.29, 0.717) is 9.26 Å². The van der Waals surface area contributed by atoms with E-state index in [4.69, 9.17) is 0 Å². The van der Waals surface area contributed by atoms with E-state index in [0.717, 1.165) is 0 Å². The lowest BCUT2D eigenvalue weighted by molar-refractivity contribution is 0.0600. The van der Waals surface area contributed by atoms with Crippen molar-refractivity contribution in [3.05, 3.63) is 21.5 Å². The Labute approximate surface area is 77.1 Å². The first-order valence-electron chi connectivity index (χ1n) is 2.80. The molecule has 1 aromatic rings. The molecule has 0 fully saturated rings. The van der Waals surface area contributed by atoms with E-state index >= 15 is 0 Å². The molecule has 0 atom stereocenters.